The lowest BCUT2D eigenvalue weighted by atomic mass is 10.1. The first kappa shape index (κ1) is 13.5. The van der Waals surface area contributed by atoms with Gasteiger partial charge in [0.2, 0.25) is 5.75 Å². The van der Waals surface area contributed by atoms with Gasteiger partial charge in [0.15, 0.2) is 11.6 Å². The lowest BCUT2D eigenvalue weighted by Crippen LogP contribution is -2.03. The Morgan fingerprint density at radius 3 is 2.50 bits per heavy atom. The molecule has 2 rings (SSSR count). The summed E-state index contributed by atoms with van der Waals surface area (Å²) in [6, 6.07) is 8.68. The summed E-state index contributed by atoms with van der Waals surface area (Å²) in [6.07, 6.45) is 0. The Balaban J connectivity index is 2.57. The van der Waals surface area contributed by atoms with Crippen LogP contribution in [-0.2, 0) is 0 Å². The van der Waals surface area contributed by atoms with Crippen LogP contribution in [0, 0.1) is 15.9 Å². The van der Waals surface area contributed by atoms with Gasteiger partial charge in [0.1, 0.15) is 5.56 Å². The molecule has 0 aliphatic heterocycles. The maximum atomic E-state index is 13.5. The molecule has 0 radical (unpaired) electrons. The zero-order valence-electron chi connectivity index (χ0n) is 9.95. The summed E-state index contributed by atoms with van der Waals surface area (Å²) in [5.41, 5.74) is -0.962. The van der Waals surface area contributed by atoms with Crippen LogP contribution in [0.15, 0.2) is 42.5 Å². The van der Waals surface area contributed by atoms with Crippen molar-refractivity contribution >= 4 is 11.7 Å². The summed E-state index contributed by atoms with van der Waals surface area (Å²) in [6.45, 7) is 0. The second-order valence-corrected chi connectivity index (χ2v) is 3.75. The third kappa shape index (κ3) is 2.56. The van der Waals surface area contributed by atoms with Gasteiger partial charge < -0.3 is 9.84 Å². The minimum atomic E-state index is -1.40. The largest absolute Gasteiger partial charge is 0.478 e. The molecule has 0 fully saturated rings. The molecule has 2 aromatic rings. The van der Waals surface area contributed by atoms with Gasteiger partial charge in [0.25, 0.3) is 0 Å². The van der Waals surface area contributed by atoms with E-state index in [-0.39, 0.29) is 5.75 Å². The molecule has 0 unspecified atom stereocenters. The Kier molecular flexibility index (Phi) is 3.60. The Morgan fingerprint density at radius 2 is 1.90 bits per heavy atom. The molecule has 0 aliphatic carbocycles. The van der Waals surface area contributed by atoms with E-state index in [1.165, 1.54) is 24.3 Å². The van der Waals surface area contributed by atoms with E-state index in [4.69, 9.17) is 9.84 Å². The summed E-state index contributed by atoms with van der Waals surface area (Å²) >= 11 is 0. The van der Waals surface area contributed by atoms with Crippen LogP contribution in [0.3, 0.4) is 0 Å². The normalized spacial score (nSPS) is 10.1. The first-order valence-electron chi connectivity index (χ1n) is 5.44. The van der Waals surface area contributed by atoms with Crippen LogP contribution in [-0.4, -0.2) is 16.0 Å². The number of carboxylic acids is 1. The molecule has 0 aliphatic rings. The number of carbonyl (C=O) groups is 1. The molecule has 0 saturated heterocycles. The number of nitro groups is 1. The van der Waals surface area contributed by atoms with E-state index in [0.717, 1.165) is 18.2 Å². The molecule has 0 amide bonds. The summed E-state index contributed by atoms with van der Waals surface area (Å²) in [5.74, 6) is -2.94. The lowest BCUT2D eigenvalue weighted by Gasteiger charge is -2.09. The molecule has 0 spiro atoms. The number of halogens is 1. The van der Waals surface area contributed by atoms with Crippen LogP contribution in [0.25, 0.3) is 0 Å². The standard InChI is InChI=1S/C13H8FNO5/c14-9-5-1-2-7-11(9)20-12-8(13(16)17)4-3-6-10(12)15(18)19/h1-7H,(H,16,17). The van der Waals surface area contributed by atoms with E-state index in [1.54, 1.807) is 0 Å². The molecule has 0 saturated carbocycles. The quantitative estimate of drug-likeness (QED) is 0.684. The average Bonchev–Trinajstić information content (AvgIpc) is 2.41. The van der Waals surface area contributed by atoms with Gasteiger partial charge in [-0.2, -0.15) is 0 Å². The van der Waals surface area contributed by atoms with Crippen molar-refractivity contribution in [2.24, 2.45) is 0 Å². The second-order valence-electron chi connectivity index (χ2n) is 3.75. The zero-order chi connectivity index (χ0) is 14.7. The Morgan fingerprint density at radius 1 is 1.20 bits per heavy atom. The molecule has 0 atom stereocenters. The molecule has 0 heterocycles. The fraction of sp³-hybridized carbons (Fsp3) is 0. The number of hydrogen-bond acceptors (Lipinski definition) is 4. The van der Waals surface area contributed by atoms with E-state index in [2.05, 4.69) is 0 Å². The molecule has 1 N–H and O–H groups in total. The number of carboxylic acid groups (broad SMARTS) is 1. The Labute approximate surface area is 112 Å². The fourth-order valence-electron chi connectivity index (χ4n) is 1.58. The van der Waals surface area contributed by atoms with Gasteiger partial charge in [0, 0.05) is 6.07 Å². The van der Waals surface area contributed by atoms with E-state index < -0.39 is 33.7 Å². The van der Waals surface area contributed by atoms with E-state index in [0.29, 0.717) is 0 Å². The van der Waals surface area contributed by atoms with E-state index >= 15 is 0 Å². The van der Waals surface area contributed by atoms with Gasteiger partial charge in [-0.3, -0.25) is 10.1 Å². The van der Waals surface area contributed by atoms with Crippen molar-refractivity contribution in [3.8, 4) is 11.5 Å². The number of benzene rings is 2. The molecule has 2 aromatic carbocycles. The highest BCUT2D eigenvalue weighted by Crippen LogP contribution is 2.35. The highest BCUT2D eigenvalue weighted by atomic mass is 19.1. The van der Waals surface area contributed by atoms with Crippen molar-refractivity contribution in [1.82, 2.24) is 0 Å². The van der Waals surface area contributed by atoms with Crippen molar-refractivity contribution in [2.75, 3.05) is 0 Å². The molecular weight excluding hydrogens is 269 g/mol. The average molecular weight is 277 g/mol. The number of nitro benzene ring substituents is 1. The number of nitrogens with zero attached hydrogens (tertiary/aromatic N) is 1. The number of aromatic carboxylic acids is 1. The van der Waals surface area contributed by atoms with E-state index in [9.17, 15) is 19.3 Å². The van der Waals surface area contributed by atoms with Crippen molar-refractivity contribution in [1.29, 1.82) is 0 Å². The molecular formula is C13H8FNO5. The predicted octanol–water partition coefficient (Wildman–Crippen LogP) is 3.22. The fourth-order valence-corrected chi connectivity index (χ4v) is 1.58. The van der Waals surface area contributed by atoms with Gasteiger partial charge in [-0.15, -0.1) is 0 Å². The molecule has 0 bridgehead atoms. The van der Waals surface area contributed by atoms with Crippen LogP contribution in [0.4, 0.5) is 10.1 Å². The summed E-state index contributed by atoms with van der Waals surface area (Å²) in [4.78, 5) is 21.2. The third-order valence-electron chi connectivity index (χ3n) is 2.47. The molecule has 20 heavy (non-hydrogen) atoms. The Hall–Kier alpha value is -2.96. The minimum Gasteiger partial charge on any atom is -0.478 e. The van der Waals surface area contributed by atoms with Crippen molar-refractivity contribution in [3.05, 3.63) is 64.0 Å². The van der Waals surface area contributed by atoms with Crippen LogP contribution in [0.2, 0.25) is 0 Å². The van der Waals surface area contributed by atoms with Gasteiger partial charge in [0.05, 0.1) is 4.92 Å². The summed E-state index contributed by atoms with van der Waals surface area (Å²) in [7, 11) is 0. The molecule has 7 heteroatoms. The molecule has 6 nitrogen and oxygen atoms in total. The first-order chi connectivity index (χ1) is 9.50. The number of para-hydroxylation sites is 2. The van der Waals surface area contributed by atoms with Gasteiger partial charge in [-0.1, -0.05) is 18.2 Å². The first-order valence-corrected chi connectivity index (χ1v) is 5.44. The van der Waals surface area contributed by atoms with Crippen LogP contribution < -0.4 is 4.74 Å². The topological polar surface area (TPSA) is 89.7 Å². The Bertz CT molecular complexity index is 654. The third-order valence-corrected chi connectivity index (χ3v) is 2.47. The van der Waals surface area contributed by atoms with E-state index in [1.807, 2.05) is 0 Å². The lowest BCUT2D eigenvalue weighted by molar-refractivity contribution is -0.385. The molecule has 0 aromatic heterocycles. The monoisotopic (exact) mass is 277 g/mol. The van der Waals surface area contributed by atoms with Gasteiger partial charge in [-0.05, 0) is 18.2 Å². The van der Waals surface area contributed by atoms with Crippen LogP contribution in [0.5, 0.6) is 11.5 Å². The second kappa shape index (κ2) is 5.35. The zero-order valence-corrected chi connectivity index (χ0v) is 9.95. The van der Waals surface area contributed by atoms with Crippen molar-refractivity contribution in [3.63, 3.8) is 0 Å². The van der Waals surface area contributed by atoms with Crippen LogP contribution in [0.1, 0.15) is 10.4 Å². The smallest absolute Gasteiger partial charge is 0.339 e. The van der Waals surface area contributed by atoms with Crippen LogP contribution >= 0.6 is 0 Å². The predicted molar refractivity (Wildman–Crippen MR) is 66.5 cm³/mol. The van der Waals surface area contributed by atoms with Gasteiger partial charge >= 0.3 is 11.7 Å². The SMILES string of the molecule is O=C(O)c1cccc([N+](=O)[O-])c1Oc1ccccc1F. The summed E-state index contributed by atoms with van der Waals surface area (Å²) in [5, 5.41) is 19.9. The number of rotatable bonds is 4. The highest BCUT2D eigenvalue weighted by Gasteiger charge is 2.24. The highest BCUT2D eigenvalue weighted by molar-refractivity contribution is 5.92. The summed E-state index contributed by atoms with van der Waals surface area (Å²) < 4.78 is 18.6. The maximum Gasteiger partial charge on any atom is 0.339 e. The minimum absolute atomic E-state index is 0.288. The van der Waals surface area contributed by atoms with Crippen molar-refractivity contribution in [2.45, 2.75) is 0 Å². The van der Waals surface area contributed by atoms with Gasteiger partial charge in [-0.25, -0.2) is 9.18 Å². The molecule has 102 valence electrons. The number of ether oxygens (including phenoxy) is 1. The maximum absolute atomic E-state index is 13.5. The van der Waals surface area contributed by atoms with Crippen molar-refractivity contribution < 1.29 is 24.0 Å². The number of hydrogen-bond donors (Lipinski definition) is 1.